The van der Waals surface area contributed by atoms with Crippen molar-refractivity contribution in [1.29, 1.82) is 0 Å². The van der Waals surface area contributed by atoms with Gasteiger partial charge in [0.2, 0.25) is 0 Å². The van der Waals surface area contributed by atoms with Gasteiger partial charge >= 0.3 is 0 Å². The Bertz CT molecular complexity index is 1230. The van der Waals surface area contributed by atoms with Gasteiger partial charge in [0.05, 0.1) is 11.1 Å². The summed E-state index contributed by atoms with van der Waals surface area (Å²) in [5.74, 6) is -0.923. The van der Waals surface area contributed by atoms with E-state index in [0.717, 1.165) is 18.7 Å². The van der Waals surface area contributed by atoms with Crippen molar-refractivity contribution in [3.05, 3.63) is 69.6 Å². The van der Waals surface area contributed by atoms with Gasteiger partial charge in [-0.1, -0.05) is 6.07 Å². The maximum absolute atomic E-state index is 14.7. The summed E-state index contributed by atoms with van der Waals surface area (Å²) in [5, 5.41) is 7.61. The lowest BCUT2D eigenvalue weighted by Gasteiger charge is -2.32. The number of H-pyrrole nitrogens is 1. The van der Waals surface area contributed by atoms with Crippen LogP contribution < -0.4 is 10.9 Å². The van der Waals surface area contributed by atoms with E-state index in [2.05, 4.69) is 15.1 Å². The Balaban J connectivity index is 1.46. The van der Waals surface area contributed by atoms with Gasteiger partial charge in [0.15, 0.2) is 0 Å². The highest BCUT2D eigenvalue weighted by atomic mass is 31.2. The molecule has 2 heterocycles. The molecule has 0 atom stereocenters. The van der Waals surface area contributed by atoms with Gasteiger partial charge in [-0.2, -0.15) is 5.10 Å². The third-order valence-electron chi connectivity index (χ3n) is 6.21. The Morgan fingerprint density at radius 3 is 2.57 bits per heavy atom. The molecule has 1 saturated heterocycles. The van der Waals surface area contributed by atoms with Crippen LogP contribution in [-0.4, -0.2) is 46.6 Å². The SMILES string of the molecule is O=c1[nH]nc(Cc2ccc(F)c(P3(=O)CCN(C4CC4)CC3)c2)c2ccc(F)cc12. The maximum Gasteiger partial charge on any atom is 0.272 e. The quantitative estimate of drug-likeness (QED) is 0.647. The number of nitrogens with one attached hydrogen (secondary N) is 1. The van der Waals surface area contributed by atoms with Gasteiger partial charge in [-0.25, -0.2) is 13.9 Å². The molecule has 1 N–H and O–H groups in total. The first-order valence-electron chi connectivity index (χ1n) is 10.2. The minimum absolute atomic E-state index is 0.225. The predicted molar refractivity (Wildman–Crippen MR) is 113 cm³/mol. The van der Waals surface area contributed by atoms with E-state index in [1.165, 1.54) is 37.1 Å². The van der Waals surface area contributed by atoms with Crippen molar-refractivity contribution in [1.82, 2.24) is 15.1 Å². The van der Waals surface area contributed by atoms with Crippen LogP contribution in [0, 0.1) is 11.6 Å². The number of aromatic nitrogens is 2. The number of rotatable bonds is 4. The first-order valence-corrected chi connectivity index (χ1v) is 12.3. The van der Waals surface area contributed by atoms with Gasteiger partial charge in [-0.3, -0.25) is 9.69 Å². The number of hydrogen-bond acceptors (Lipinski definition) is 4. The zero-order valence-electron chi connectivity index (χ0n) is 16.4. The van der Waals surface area contributed by atoms with Crippen LogP contribution in [0.4, 0.5) is 8.78 Å². The Labute approximate surface area is 172 Å². The van der Waals surface area contributed by atoms with Gasteiger partial charge < -0.3 is 4.57 Å². The van der Waals surface area contributed by atoms with E-state index < -0.39 is 24.3 Å². The van der Waals surface area contributed by atoms with Crippen molar-refractivity contribution in [2.24, 2.45) is 0 Å². The summed E-state index contributed by atoms with van der Waals surface area (Å²) in [5.41, 5.74) is 0.861. The number of benzene rings is 2. The lowest BCUT2D eigenvalue weighted by atomic mass is 10.0. The van der Waals surface area contributed by atoms with Crippen LogP contribution in [0.3, 0.4) is 0 Å². The molecule has 2 aromatic carbocycles. The molecule has 0 amide bonds. The molecule has 0 unspecified atom stereocenters. The van der Waals surface area contributed by atoms with Gasteiger partial charge in [-0.15, -0.1) is 0 Å². The van der Waals surface area contributed by atoms with Crippen LogP contribution in [0.5, 0.6) is 0 Å². The second-order valence-corrected chi connectivity index (χ2v) is 11.4. The van der Waals surface area contributed by atoms with Gasteiger partial charge in [0.25, 0.3) is 5.56 Å². The average molecular weight is 429 g/mol. The molecular formula is C22H22F2N3O2P. The molecule has 3 aromatic rings. The van der Waals surface area contributed by atoms with Crippen LogP contribution in [0.15, 0.2) is 41.2 Å². The zero-order chi connectivity index (χ0) is 20.9. The topological polar surface area (TPSA) is 66.1 Å². The summed E-state index contributed by atoms with van der Waals surface area (Å²) in [4.78, 5) is 14.4. The van der Waals surface area contributed by atoms with E-state index in [0.29, 0.717) is 41.2 Å². The molecule has 1 saturated carbocycles. The number of nitrogens with zero attached hydrogens (tertiary/aromatic N) is 2. The molecule has 5 rings (SSSR count). The van der Waals surface area contributed by atoms with E-state index in [1.807, 2.05) is 0 Å². The lowest BCUT2D eigenvalue weighted by molar-refractivity contribution is 0.285. The molecule has 8 heteroatoms. The number of halogens is 2. The highest BCUT2D eigenvalue weighted by molar-refractivity contribution is 7.71. The molecule has 5 nitrogen and oxygen atoms in total. The van der Waals surface area contributed by atoms with Crippen LogP contribution in [0.2, 0.25) is 0 Å². The highest BCUT2D eigenvalue weighted by Gasteiger charge is 2.38. The van der Waals surface area contributed by atoms with Crippen LogP contribution >= 0.6 is 7.14 Å². The van der Waals surface area contributed by atoms with Crippen molar-refractivity contribution in [3.8, 4) is 0 Å². The molecule has 0 bridgehead atoms. The molecule has 0 spiro atoms. The van der Waals surface area contributed by atoms with E-state index >= 15 is 0 Å². The summed E-state index contributed by atoms with van der Waals surface area (Å²) in [6.07, 6.45) is 3.74. The molecule has 30 heavy (non-hydrogen) atoms. The predicted octanol–water partition coefficient (Wildman–Crippen LogP) is 3.26. The van der Waals surface area contributed by atoms with Gasteiger partial charge in [-0.05, 0) is 48.7 Å². The van der Waals surface area contributed by atoms with Crippen molar-refractivity contribution in [3.63, 3.8) is 0 Å². The van der Waals surface area contributed by atoms with Crippen LogP contribution in [-0.2, 0) is 11.0 Å². The molecule has 0 radical (unpaired) electrons. The minimum atomic E-state index is -2.79. The minimum Gasteiger partial charge on any atom is -0.318 e. The summed E-state index contributed by atoms with van der Waals surface area (Å²) < 4.78 is 41.8. The number of aromatic amines is 1. The molecule has 1 aliphatic carbocycles. The number of hydrogen-bond donors (Lipinski definition) is 1. The van der Waals surface area contributed by atoms with Crippen LogP contribution in [0.25, 0.3) is 10.8 Å². The number of fused-ring (bicyclic) bond motifs is 1. The molecule has 1 aromatic heterocycles. The fraction of sp³-hybridized carbons (Fsp3) is 0.364. The fourth-order valence-corrected chi connectivity index (χ4v) is 7.08. The van der Waals surface area contributed by atoms with Crippen molar-refractivity contribution in [2.45, 2.75) is 25.3 Å². The summed E-state index contributed by atoms with van der Waals surface area (Å²) >= 11 is 0. The van der Waals surface area contributed by atoms with E-state index in [9.17, 15) is 18.1 Å². The molecule has 156 valence electrons. The lowest BCUT2D eigenvalue weighted by Crippen LogP contribution is -2.38. The van der Waals surface area contributed by atoms with Crippen molar-refractivity contribution < 1.29 is 13.3 Å². The zero-order valence-corrected chi connectivity index (χ0v) is 17.3. The molecule has 2 fully saturated rings. The summed E-state index contributed by atoms with van der Waals surface area (Å²) in [6, 6.07) is 9.32. The van der Waals surface area contributed by atoms with Crippen molar-refractivity contribution >= 4 is 23.2 Å². The second kappa shape index (κ2) is 7.40. The van der Waals surface area contributed by atoms with Gasteiger partial charge in [0.1, 0.15) is 18.8 Å². The Hall–Kier alpha value is -2.37. The van der Waals surface area contributed by atoms with E-state index in [4.69, 9.17) is 0 Å². The third kappa shape index (κ3) is 3.61. The molecule has 1 aliphatic heterocycles. The molecular weight excluding hydrogens is 407 g/mol. The van der Waals surface area contributed by atoms with E-state index in [-0.39, 0.29) is 5.39 Å². The Morgan fingerprint density at radius 1 is 1.07 bits per heavy atom. The first kappa shape index (κ1) is 19.6. The first-order chi connectivity index (χ1) is 14.4. The normalized spacial score (nSPS) is 19.3. The third-order valence-corrected chi connectivity index (χ3v) is 9.28. The maximum atomic E-state index is 14.7. The van der Waals surface area contributed by atoms with E-state index in [1.54, 1.807) is 12.1 Å². The summed E-state index contributed by atoms with van der Waals surface area (Å²) in [6.45, 7) is 1.51. The summed E-state index contributed by atoms with van der Waals surface area (Å²) in [7, 11) is -2.79. The Morgan fingerprint density at radius 2 is 1.83 bits per heavy atom. The standard InChI is InChI=1S/C22H22F2N3O2P/c23-15-2-5-17-18(13-15)22(28)26-25-20(17)11-14-1-6-19(24)21(12-14)30(29)9-7-27(8-10-30)16-3-4-16/h1-2,5-6,12-13,16H,3-4,7-11H2,(H,26,28). The van der Waals surface area contributed by atoms with Gasteiger partial charge in [0, 0.05) is 48.6 Å². The van der Waals surface area contributed by atoms with Crippen LogP contribution in [0.1, 0.15) is 24.1 Å². The monoisotopic (exact) mass is 429 g/mol. The average Bonchev–Trinajstić information content (AvgIpc) is 3.57. The smallest absolute Gasteiger partial charge is 0.272 e. The molecule has 2 aliphatic rings. The highest BCUT2D eigenvalue weighted by Crippen LogP contribution is 2.48. The van der Waals surface area contributed by atoms with Crippen molar-refractivity contribution in [2.75, 3.05) is 25.4 Å². The largest absolute Gasteiger partial charge is 0.318 e. The second-order valence-electron chi connectivity index (χ2n) is 8.26. The fourth-order valence-electron chi connectivity index (χ4n) is 4.35. The Kier molecular flexibility index (Phi) is 4.83.